The number of rotatable bonds is 6. The summed E-state index contributed by atoms with van der Waals surface area (Å²) in [4.78, 5) is 0. The topological polar surface area (TPSA) is 54.9 Å². The zero-order chi connectivity index (χ0) is 16.5. The van der Waals surface area contributed by atoms with E-state index in [4.69, 9.17) is 39.7 Å². The Morgan fingerprint density at radius 3 is 2.86 bits per heavy atom. The van der Waals surface area contributed by atoms with Gasteiger partial charge in [0.15, 0.2) is 16.6 Å². The summed E-state index contributed by atoms with van der Waals surface area (Å²) in [5.41, 5.74) is 3.45. The van der Waals surface area contributed by atoms with Crippen LogP contribution >= 0.6 is 23.8 Å². The van der Waals surface area contributed by atoms with Gasteiger partial charge in [-0.25, -0.2) is 0 Å². The Bertz CT molecular complexity index is 597. The lowest BCUT2D eigenvalue weighted by atomic mass is 10.2. The molecule has 0 amide bonds. The van der Waals surface area contributed by atoms with Crippen LogP contribution in [0.1, 0.15) is 19.4 Å². The molecule has 0 unspecified atom stereocenters. The molecule has 1 aromatic carbocycles. The summed E-state index contributed by atoms with van der Waals surface area (Å²) in [6.07, 6.45) is 6.75. The van der Waals surface area contributed by atoms with Crippen LogP contribution in [0, 0.1) is 12.3 Å². The normalized spacial score (nSPS) is 10.4. The van der Waals surface area contributed by atoms with Gasteiger partial charge in [-0.15, -0.1) is 6.42 Å². The van der Waals surface area contributed by atoms with Crippen LogP contribution in [0.3, 0.4) is 0 Å². The molecule has 7 heteroatoms. The number of ether oxygens (including phenoxy) is 2. The van der Waals surface area contributed by atoms with E-state index < -0.39 is 0 Å². The number of hydrogen-bond donors (Lipinski definition) is 2. The van der Waals surface area contributed by atoms with Gasteiger partial charge >= 0.3 is 0 Å². The molecule has 0 radical (unpaired) electrons. The van der Waals surface area contributed by atoms with Crippen molar-refractivity contribution in [2.45, 2.75) is 19.9 Å². The van der Waals surface area contributed by atoms with Gasteiger partial charge in [0.05, 0.1) is 18.3 Å². The standard InChI is InChI=1S/C15H18ClN3O2S/c1-5-6-21-14-12(16)7-11(8-13(14)20-4)9-17-19-15(22)18-10(2)3/h1,7-10H,6H2,2-4H3,(H2,18,19,22)/b17-9-. The Balaban J connectivity index is 2.82. The fourth-order valence-corrected chi connectivity index (χ4v) is 2.09. The highest BCUT2D eigenvalue weighted by atomic mass is 35.5. The molecule has 1 rings (SSSR count). The first-order chi connectivity index (χ1) is 10.5. The Morgan fingerprint density at radius 2 is 2.27 bits per heavy atom. The maximum Gasteiger partial charge on any atom is 0.187 e. The number of thiocarbonyl (C=S) groups is 1. The predicted molar refractivity (Wildman–Crippen MR) is 93.9 cm³/mol. The maximum absolute atomic E-state index is 6.17. The van der Waals surface area contributed by atoms with Crippen molar-refractivity contribution in [3.63, 3.8) is 0 Å². The third kappa shape index (κ3) is 5.80. The van der Waals surface area contributed by atoms with Crippen LogP contribution in [-0.2, 0) is 0 Å². The monoisotopic (exact) mass is 339 g/mol. The van der Waals surface area contributed by atoms with Crippen LogP contribution in [0.25, 0.3) is 0 Å². The molecule has 1 aromatic rings. The highest BCUT2D eigenvalue weighted by Crippen LogP contribution is 2.35. The SMILES string of the molecule is C#CCOc1c(Cl)cc(/C=N\NC(=S)NC(C)C)cc1OC. The smallest absolute Gasteiger partial charge is 0.187 e. The second kappa shape index (κ2) is 9.13. The minimum absolute atomic E-state index is 0.111. The van der Waals surface area contributed by atoms with Gasteiger partial charge in [0.1, 0.15) is 6.61 Å². The molecule has 118 valence electrons. The number of terminal acetylenes is 1. The predicted octanol–water partition coefficient (Wildman–Crippen LogP) is 2.57. The maximum atomic E-state index is 6.17. The summed E-state index contributed by atoms with van der Waals surface area (Å²) in [6, 6.07) is 3.67. The molecule has 5 nitrogen and oxygen atoms in total. The van der Waals surface area contributed by atoms with Crippen LogP contribution in [0.15, 0.2) is 17.2 Å². The number of hydrogen-bond acceptors (Lipinski definition) is 4. The summed E-state index contributed by atoms with van der Waals surface area (Å²) < 4.78 is 10.6. The molecule has 0 fully saturated rings. The average molecular weight is 340 g/mol. The van der Waals surface area contributed by atoms with Crippen LogP contribution in [0.2, 0.25) is 5.02 Å². The number of nitrogens with zero attached hydrogens (tertiary/aromatic N) is 1. The largest absolute Gasteiger partial charge is 0.493 e. The van der Waals surface area contributed by atoms with Crippen molar-refractivity contribution in [1.82, 2.24) is 10.7 Å². The third-order valence-electron chi connectivity index (χ3n) is 2.35. The second-order valence-electron chi connectivity index (χ2n) is 4.53. The van der Waals surface area contributed by atoms with Gasteiger partial charge in [-0.3, -0.25) is 5.43 Å². The Morgan fingerprint density at radius 1 is 1.55 bits per heavy atom. The summed E-state index contributed by atoms with van der Waals surface area (Å²) in [6.45, 7) is 4.08. The highest BCUT2D eigenvalue weighted by molar-refractivity contribution is 7.80. The molecule has 0 aliphatic rings. The molecule has 0 aliphatic heterocycles. The van der Waals surface area contributed by atoms with E-state index in [0.29, 0.717) is 21.6 Å². The minimum atomic E-state index is 0.111. The van der Waals surface area contributed by atoms with Crippen molar-refractivity contribution >= 4 is 35.1 Å². The van der Waals surface area contributed by atoms with Gasteiger partial charge < -0.3 is 14.8 Å². The molecular weight excluding hydrogens is 322 g/mol. The Labute approximate surface area is 141 Å². The average Bonchev–Trinajstić information content (AvgIpc) is 2.44. The van der Waals surface area contributed by atoms with E-state index in [2.05, 4.69) is 21.8 Å². The van der Waals surface area contributed by atoms with E-state index in [-0.39, 0.29) is 12.6 Å². The van der Waals surface area contributed by atoms with Gasteiger partial charge in [-0.05, 0) is 43.8 Å². The van der Waals surface area contributed by atoms with Crippen LogP contribution in [0.4, 0.5) is 0 Å². The lowest BCUT2D eigenvalue weighted by Crippen LogP contribution is -2.36. The highest BCUT2D eigenvalue weighted by Gasteiger charge is 2.11. The van der Waals surface area contributed by atoms with Gasteiger partial charge in [0.2, 0.25) is 0 Å². The van der Waals surface area contributed by atoms with Gasteiger partial charge in [0, 0.05) is 6.04 Å². The zero-order valence-corrected chi connectivity index (χ0v) is 14.2. The molecular formula is C15H18ClN3O2S. The van der Waals surface area contributed by atoms with Crippen LogP contribution in [0.5, 0.6) is 11.5 Å². The van der Waals surface area contributed by atoms with E-state index in [9.17, 15) is 0 Å². The number of halogens is 1. The molecule has 2 N–H and O–H groups in total. The first kappa shape index (κ1) is 18.1. The van der Waals surface area contributed by atoms with E-state index in [1.807, 2.05) is 13.8 Å². The van der Waals surface area contributed by atoms with Crippen LogP contribution in [-0.4, -0.2) is 31.1 Å². The van der Waals surface area contributed by atoms with Crippen molar-refractivity contribution < 1.29 is 9.47 Å². The quantitative estimate of drug-likeness (QED) is 0.361. The summed E-state index contributed by atoms with van der Waals surface area (Å²) in [5.74, 6) is 3.26. The fourth-order valence-electron chi connectivity index (χ4n) is 1.53. The molecule has 0 spiro atoms. The lowest BCUT2D eigenvalue weighted by molar-refractivity contribution is 0.331. The van der Waals surface area contributed by atoms with Gasteiger partial charge in [0.25, 0.3) is 0 Å². The minimum Gasteiger partial charge on any atom is -0.493 e. The molecule has 0 saturated carbocycles. The molecule has 0 aromatic heterocycles. The Hall–Kier alpha value is -1.97. The lowest BCUT2D eigenvalue weighted by Gasteiger charge is -2.12. The molecule has 22 heavy (non-hydrogen) atoms. The van der Waals surface area contributed by atoms with Crippen molar-refractivity contribution in [2.24, 2.45) is 5.10 Å². The zero-order valence-electron chi connectivity index (χ0n) is 12.6. The number of hydrazone groups is 1. The Kier molecular flexibility index (Phi) is 7.50. The van der Waals surface area contributed by atoms with E-state index in [0.717, 1.165) is 5.56 Å². The van der Waals surface area contributed by atoms with Gasteiger partial charge in [-0.1, -0.05) is 17.5 Å². The van der Waals surface area contributed by atoms with E-state index in [1.54, 1.807) is 18.3 Å². The number of nitrogens with one attached hydrogen (secondary N) is 2. The van der Waals surface area contributed by atoms with E-state index in [1.165, 1.54) is 7.11 Å². The summed E-state index contributed by atoms with van der Waals surface area (Å²) >= 11 is 11.2. The van der Waals surface area contributed by atoms with Crippen molar-refractivity contribution in [3.8, 4) is 23.8 Å². The fraction of sp³-hybridized carbons (Fsp3) is 0.333. The number of methoxy groups -OCH3 is 1. The molecule has 0 atom stereocenters. The second-order valence-corrected chi connectivity index (χ2v) is 5.34. The van der Waals surface area contributed by atoms with E-state index >= 15 is 0 Å². The molecule has 0 bridgehead atoms. The first-order valence-corrected chi connectivity index (χ1v) is 7.30. The van der Waals surface area contributed by atoms with Crippen molar-refractivity contribution in [1.29, 1.82) is 0 Å². The third-order valence-corrected chi connectivity index (χ3v) is 2.84. The molecule has 0 aliphatic carbocycles. The van der Waals surface area contributed by atoms with Crippen LogP contribution < -0.4 is 20.2 Å². The molecule has 0 saturated heterocycles. The number of benzene rings is 1. The van der Waals surface area contributed by atoms with Crippen molar-refractivity contribution in [2.75, 3.05) is 13.7 Å². The summed E-state index contributed by atoms with van der Waals surface area (Å²) in [7, 11) is 1.52. The van der Waals surface area contributed by atoms with Crippen molar-refractivity contribution in [3.05, 3.63) is 22.7 Å². The molecule has 0 heterocycles. The summed E-state index contributed by atoms with van der Waals surface area (Å²) in [5, 5.41) is 7.88. The van der Waals surface area contributed by atoms with Gasteiger partial charge in [-0.2, -0.15) is 5.10 Å². The first-order valence-electron chi connectivity index (χ1n) is 6.51.